The van der Waals surface area contributed by atoms with Crippen molar-refractivity contribution in [3.8, 4) is 0 Å². The topological polar surface area (TPSA) is 105 Å². The van der Waals surface area contributed by atoms with Gasteiger partial charge in [-0.3, -0.25) is 0 Å². The second-order valence-corrected chi connectivity index (χ2v) is 6.87. The summed E-state index contributed by atoms with van der Waals surface area (Å²) in [5.41, 5.74) is -0.469. The number of aromatic amines is 1. The highest BCUT2D eigenvalue weighted by atomic mass is 16.6. The van der Waals surface area contributed by atoms with Crippen molar-refractivity contribution in [2.75, 3.05) is 0 Å². The number of aromatic nitrogens is 4. The molecule has 8 nitrogen and oxygen atoms in total. The van der Waals surface area contributed by atoms with Crippen LogP contribution in [0.4, 0.5) is 4.79 Å². The largest absolute Gasteiger partial charge is 0.444 e. The number of ether oxygens (including phenoxy) is 1. The Morgan fingerprint density at radius 2 is 2.09 bits per heavy atom. The molecule has 3 N–H and O–H groups in total. The van der Waals surface area contributed by atoms with E-state index in [1.807, 2.05) is 27.7 Å². The molecule has 2 rings (SSSR count). The molecule has 1 fully saturated rings. The Bertz CT molecular complexity index is 470. The molecule has 22 heavy (non-hydrogen) atoms. The lowest BCUT2D eigenvalue weighted by molar-refractivity contribution is 0.0488. The van der Waals surface area contributed by atoms with Crippen molar-refractivity contribution >= 4 is 6.09 Å². The van der Waals surface area contributed by atoms with Gasteiger partial charge in [0.15, 0.2) is 5.82 Å². The number of nitrogens with one attached hydrogen (secondary N) is 3. The van der Waals surface area contributed by atoms with E-state index in [0.29, 0.717) is 11.9 Å². The van der Waals surface area contributed by atoms with E-state index in [2.05, 4.69) is 31.3 Å². The molecule has 1 aromatic rings. The minimum atomic E-state index is -0.469. The van der Waals surface area contributed by atoms with Crippen LogP contribution >= 0.6 is 0 Å². The van der Waals surface area contributed by atoms with Crippen LogP contribution in [-0.2, 0) is 4.74 Å². The van der Waals surface area contributed by atoms with Crippen molar-refractivity contribution in [3.05, 3.63) is 5.82 Å². The minimum absolute atomic E-state index is 0.0315. The molecular formula is C14H26N6O2. The Morgan fingerprint density at radius 1 is 1.36 bits per heavy atom. The second kappa shape index (κ2) is 7.04. The third-order valence-corrected chi connectivity index (χ3v) is 3.63. The van der Waals surface area contributed by atoms with E-state index >= 15 is 0 Å². The highest BCUT2D eigenvalue weighted by molar-refractivity contribution is 5.68. The van der Waals surface area contributed by atoms with Crippen LogP contribution in [0.5, 0.6) is 0 Å². The average molecular weight is 310 g/mol. The molecule has 0 aromatic carbocycles. The van der Waals surface area contributed by atoms with Crippen LogP contribution in [-0.4, -0.2) is 44.4 Å². The Labute approximate surface area is 130 Å². The number of amides is 1. The number of carbonyl (C=O) groups excluding carboxylic acids is 1. The fraction of sp³-hybridized carbons (Fsp3) is 0.857. The summed E-state index contributed by atoms with van der Waals surface area (Å²) < 4.78 is 5.31. The zero-order valence-corrected chi connectivity index (χ0v) is 13.7. The maximum absolute atomic E-state index is 11.9. The lowest BCUT2D eigenvalue weighted by atomic mass is 9.90. The first-order valence-electron chi connectivity index (χ1n) is 7.82. The Balaban J connectivity index is 1.80. The number of rotatable bonds is 4. The van der Waals surface area contributed by atoms with Crippen molar-refractivity contribution < 1.29 is 9.53 Å². The molecule has 1 saturated carbocycles. The van der Waals surface area contributed by atoms with Crippen LogP contribution in [0.3, 0.4) is 0 Å². The summed E-state index contributed by atoms with van der Waals surface area (Å²) in [5, 5.41) is 20.5. The van der Waals surface area contributed by atoms with E-state index in [1.54, 1.807) is 0 Å². The molecule has 0 radical (unpaired) electrons. The van der Waals surface area contributed by atoms with Crippen LogP contribution in [0.1, 0.15) is 65.2 Å². The molecule has 3 atom stereocenters. The Morgan fingerprint density at radius 3 is 2.73 bits per heavy atom. The number of carbonyl (C=O) groups is 1. The molecule has 0 bridgehead atoms. The van der Waals surface area contributed by atoms with Gasteiger partial charge in [0.05, 0.1) is 6.04 Å². The van der Waals surface area contributed by atoms with Gasteiger partial charge in [0.1, 0.15) is 5.60 Å². The van der Waals surface area contributed by atoms with Gasteiger partial charge in [-0.15, -0.1) is 10.2 Å². The zero-order valence-electron chi connectivity index (χ0n) is 13.7. The van der Waals surface area contributed by atoms with E-state index in [4.69, 9.17) is 4.74 Å². The van der Waals surface area contributed by atoms with E-state index in [1.165, 1.54) is 0 Å². The molecule has 0 spiro atoms. The molecule has 1 aliphatic rings. The number of hydrogen-bond acceptors (Lipinski definition) is 6. The fourth-order valence-corrected chi connectivity index (χ4v) is 2.73. The van der Waals surface area contributed by atoms with Gasteiger partial charge in [0, 0.05) is 12.1 Å². The summed E-state index contributed by atoms with van der Waals surface area (Å²) in [6.45, 7) is 7.61. The summed E-state index contributed by atoms with van der Waals surface area (Å²) in [4.78, 5) is 11.9. The normalized spacial score (nSPS) is 23.8. The van der Waals surface area contributed by atoms with Crippen LogP contribution in [0, 0.1) is 0 Å². The van der Waals surface area contributed by atoms with Crippen molar-refractivity contribution in [3.63, 3.8) is 0 Å². The minimum Gasteiger partial charge on any atom is -0.444 e. The quantitative estimate of drug-likeness (QED) is 0.781. The van der Waals surface area contributed by atoms with Gasteiger partial charge < -0.3 is 15.4 Å². The molecule has 124 valence electrons. The maximum Gasteiger partial charge on any atom is 0.407 e. The lowest BCUT2D eigenvalue weighted by Gasteiger charge is -2.32. The number of alkyl carbamates (subject to hydrolysis) is 1. The number of hydrogen-bond donors (Lipinski definition) is 3. The number of tetrazole rings is 1. The first-order chi connectivity index (χ1) is 10.3. The lowest BCUT2D eigenvalue weighted by Crippen LogP contribution is -2.46. The second-order valence-electron chi connectivity index (χ2n) is 6.87. The van der Waals surface area contributed by atoms with E-state index in [0.717, 1.165) is 25.7 Å². The first-order valence-corrected chi connectivity index (χ1v) is 7.82. The fourth-order valence-electron chi connectivity index (χ4n) is 2.73. The smallest absolute Gasteiger partial charge is 0.407 e. The first kappa shape index (κ1) is 16.7. The van der Waals surface area contributed by atoms with Gasteiger partial charge in [-0.25, -0.2) is 4.79 Å². The van der Waals surface area contributed by atoms with Gasteiger partial charge in [0.2, 0.25) is 0 Å². The van der Waals surface area contributed by atoms with E-state index < -0.39 is 5.60 Å². The highest BCUT2D eigenvalue weighted by Crippen LogP contribution is 2.21. The molecule has 0 saturated heterocycles. The Kier molecular flexibility index (Phi) is 5.33. The van der Waals surface area contributed by atoms with Crippen molar-refractivity contribution in [1.29, 1.82) is 0 Å². The predicted octanol–water partition coefficient (Wildman–Crippen LogP) is 1.69. The molecule has 1 aromatic heterocycles. The third-order valence-electron chi connectivity index (χ3n) is 3.63. The molecule has 1 aliphatic carbocycles. The van der Waals surface area contributed by atoms with Crippen LogP contribution in [0.2, 0.25) is 0 Å². The van der Waals surface area contributed by atoms with Crippen molar-refractivity contribution in [2.45, 2.75) is 77.1 Å². The summed E-state index contributed by atoms with van der Waals surface area (Å²) in [6.07, 6.45) is 3.66. The maximum atomic E-state index is 11.9. The highest BCUT2D eigenvalue weighted by Gasteiger charge is 2.26. The molecule has 1 amide bonds. The van der Waals surface area contributed by atoms with Crippen LogP contribution in [0.15, 0.2) is 0 Å². The third kappa shape index (κ3) is 5.25. The molecule has 8 heteroatoms. The van der Waals surface area contributed by atoms with Crippen molar-refractivity contribution in [2.24, 2.45) is 0 Å². The summed E-state index contributed by atoms with van der Waals surface area (Å²) in [7, 11) is 0. The van der Waals surface area contributed by atoms with Gasteiger partial charge in [-0.2, -0.15) is 5.21 Å². The summed E-state index contributed by atoms with van der Waals surface area (Å²) in [5.74, 6) is 0.655. The zero-order chi connectivity index (χ0) is 16.2. The summed E-state index contributed by atoms with van der Waals surface area (Å²) >= 11 is 0. The van der Waals surface area contributed by atoms with E-state index in [-0.39, 0.29) is 18.2 Å². The molecular weight excluding hydrogens is 284 g/mol. The molecule has 0 aliphatic heterocycles. The Hall–Kier alpha value is -1.70. The predicted molar refractivity (Wildman–Crippen MR) is 81.1 cm³/mol. The monoisotopic (exact) mass is 310 g/mol. The van der Waals surface area contributed by atoms with Crippen LogP contribution in [0.25, 0.3) is 0 Å². The SMILES string of the molecule is CC(NC1CCCC(NC(=O)OC(C)(C)C)C1)c1nn[nH]n1. The number of H-pyrrole nitrogens is 1. The van der Waals surface area contributed by atoms with Gasteiger partial charge in [-0.05, 0) is 53.4 Å². The van der Waals surface area contributed by atoms with Crippen molar-refractivity contribution in [1.82, 2.24) is 31.3 Å². The molecule has 3 unspecified atom stereocenters. The van der Waals surface area contributed by atoms with Gasteiger partial charge in [0.25, 0.3) is 0 Å². The van der Waals surface area contributed by atoms with Crippen LogP contribution < -0.4 is 10.6 Å². The summed E-state index contributed by atoms with van der Waals surface area (Å²) in [6, 6.07) is 0.491. The number of nitrogens with zero attached hydrogens (tertiary/aromatic N) is 3. The standard InChI is InChI=1S/C14H26N6O2/c1-9(12-17-19-20-18-12)15-10-6-5-7-11(8-10)16-13(21)22-14(2,3)4/h9-11,15H,5-8H2,1-4H3,(H,16,21)(H,17,18,19,20). The van der Waals surface area contributed by atoms with Gasteiger partial charge in [-0.1, -0.05) is 5.21 Å². The average Bonchev–Trinajstić information content (AvgIpc) is 2.90. The van der Waals surface area contributed by atoms with Gasteiger partial charge >= 0.3 is 6.09 Å². The van der Waals surface area contributed by atoms with E-state index in [9.17, 15) is 4.79 Å². The molecule has 1 heterocycles.